The molecule has 86 valence electrons. The van der Waals surface area contributed by atoms with Crippen molar-refractivity contribution in [3.8, 4) is 0 Å². The van der Waals surface area contributed by atoms with Gasteiger partial charge in [0.05, 0.1) is 17.9 Å². The summed E-state index contributed by atoms with van der Waals surface area (Å²) < 4.78 is 0. The maximum atomic E-state index is 4.58. The number of aliphatic imine (C=N–C) groups is 1. The van der Waals surface area contributed by atoms with E-state index in [1.807, 2.05) is 0 Å². The van der Waals surface area contributed by atoms with Crippen molar-refractivity contribution >= 4 is 17.3 Å². The zero-order valence-corrected chi connectivity index (χ0v) is 10.1. The average Bonchev–Trinajstić information content (AvgIpc) is 2.82. The zero-order chi connectivity index (χ0) is 10.3. The largest absolute Gasteiger partial charge is 1.00 e. The first-order valence-corrected chi connectivity index (χ1v) is 5.60. The molecule has 0 bridgehead atoms. The maximum Gasteiger partial charge on any atom is 0.205 e. The number of guanidine groups is 1. The standard InChI is InChI=1S/C12H15N3.ClH/c1-2-8-14-10-5-3-4-6-11(10)15-9-7-13-12(14)15;/h3-6H,2,7-9H2,1H3;1H/p-1. The van der Waals surface area contributed by atoms with Gasteiger partial charge in [-0.05, 0) is 18.6 Å². The first-order valence-electron chi connectivity index (χ1n) is 5.60. The Bertz CT molecular complexity index is 416. The van der Waals surface area contributed by atoms with Crippen LogP contribution in [0.25, 0.3) is 0 Å². The number of rotatable bonds is 2. The molecule has 0 aliphatic carbocycles. The lowest BCUT2D eigenvalue weighted by atomic mass is 10.2. The van der Waals surface area contributed by atoms with Crippen molar-refractivity contribution in [1.82, 2.24) is 0 Å². The Morgan fingerprint density at radius 2 is 2.00 bits per heavy atom. The minimum absolute atomic E-state index is 0. The van der Waals surface area contributed by atoms with Crippen molar-refractivity contribution in [3.05, 3.63) is 24.3 Å². The molecule has 0 saturated carbocycles. The van der Waals surface area contributed by atoms with Crippen molar-refractivity contribution in [2.75, 3.05) is 29.4 Å². The van der Waals surface area contributed by atoms with Crippen LogP contribution in [0.15, 0.2) is 29.3 Å². The first kappa shape index (κ1) is 11.3. The van der Waals surface area contributed by atoms with E-state index in [9.17, 15) is 0 Å². The fourth-order valence-corrected chi connectivity index (χ4v) is 2.37. The molecule has 0 fully saturated rings. The number of hydrogen-bond acceptors (Lipinski definition) is 3. The van der Waals surface area contributed by atoms with E-state index in [2.05, 4.69) is 46.0 Å². The summed E-state index contributed by atoms with van der Waals surface area (Å²) in [6, 6.07) is 8.58. The maximum absolute atomic E-state index is 4.58. The Morgan fingerprint density at radius 1 is 1.25 bits per heavy atom. The van der Waals surface area contributed by atoms with Crippen LogP contribution in [0.5, 0.6) is 0 Å². The van der Waals surface area contributed by atoms with Gasteiger partial charge in [0, 0.05) is 13.1 Å². The van der Waals surface area contributed by atoms with E-state index >= 15 is 0 Å². The number of benzene rings is 1. The van der Waals surface area contributed by atoms with Crippen LogP contribution >= 0.6 is 0 Å². The molecule has 0 spiro atoms. The van der Waals surface area contributed by atoms with Crippen molar-refractivity contribution in [2.24, 2.45) is 4.99 Å². The van der Waals surface area contributed by atoms with Crippen LogP contribution < -0.4 is 22.2 Å². The summed E-state index contributed by atoms with van der Waals surface area (Å²) in [5.41, 5.74) is 2.64. The highest BCUT2D eigenvalue weighted by atomic mass is 35.5. The monoisotopic (exact) mass is 236 g/mol. The van der Waals surface area contributed by atoms with Gasteiger partial charge in [0.25, 0.3) is 0 Å². The van der Waals surface area contributed by atoms with Crippen LogP contribution in [0.2, 0.25) is 0 Å². The van der Waals surface area contributed by atoms with Crippen molar-refractivity contribution in [3.63, 3.8) is 0 Å². The van der Waals surface area contributed by atoms with Gasteiger partial charge < -0.3 is 22.2 Å². The van der Waals surface area contributed by atoms with Gasteiger partial charge >= 0.3 is 0 Å². The van der Waals surface area contributed by atoms with Gasteiger partial charge in [-0.1, -0.05) is 19.1 Å². The predicted molar refractivity (Wildman–Crippen MR) is 63.7 cm³/mol. The molecular weight excluding hydrogens is 222 g/mol. The van der Waals surface area contributed by atoms with Gasteiger partial charge in [0.1, 0.15) is 0 Å². The first-order chi connectivity index (χ1) is 7.42. The molecule has 16 heavy (non-hydrogen) atoms. The molecule has 0 N–H and O–H groups in total. The van der Waals surface area contributed by atoms with E-state index in [0.29, 0.717) is 0 Å². The molecule has 2 heterocycles. The van der Waals surface area contributed by atoms with E-state index in [0.717, 1.165) is 32.0 Å². The van der Waals surface area contributed by atoms with Crippen LogP contribution in [0.3, 0.4) is 0 Å². The van der Waals surface area contributed by atoms with Crippen molar-refractivity contribution < 1.29 is 12.4 Å². The number of nitrogens with zero attached hydrogens (tertiary/aromatic N) is 3. The van der Waals surface area contributed by atoms with Crippen molar-refractivity contribution in [2.45, 2.75) is 13.3 Å². The summed E-state index contributed by atoms with van der Waals surface area (Å²) in [4.78, 5) is 9.24. The Hall–Kier alpha value is -1.22. The molecule has 0 atom stereocenters. The number of anilines is 2. The molecule has 2 aliphatic rings. The Kier molecular flexibility index (Phi) is 3.06. The van der Waals surface area contributed by atoms with Crippen LogP contribution in [0, 0.1) is 0 Å². The van der Waals surface area contributed by atoms with Gasteiger partial charge in [0.2, 0.25) is 5.96 Å². The number of fused-ring (bicyclic) bond motifs is 3. The predicted octanol–water partition coefficient (Wildman–Crippen LogP) is -0.903. The van der Waals surface area contributed by atoms with Crippen molar-refractivity contribution in [1.29, 1.82) is 0 Å². The third-order valence-electron chi connectivity index (χ3n) is 2.97. The van der Waals surface area contributed by atoms with Crippen LogP contribution in [0.4, 0.5) is 11.4 Å². The van der Waals surface area contributed by atoms with Gasteiger partial charge in [-0.25, -0.2) is 0 Å². The molecule has 1 aromatic rings. The van der Waals surface area contributed by atoms with Crippen LogP contribution in [0.1, 0.15) is 13.3 Å². The topological polar surface area (TPSA) is 18.8 Å². The highest BCUT2D eigenvalue weighted by Crippen LogP contribution is 2.38. The highest BCUT2D eigenvalue weighted by molar-refractivity contribution is 6.17. The molecule has 3 nitrogen and oxygen atoms in total. The number of para-hydroxylation sites is 2. The number of halogens is 1. The summed E-state index contributed by atoms with van der Waals surface area (Å²) in [6.45, 7) is 5.24. The van der Waals surface area contributed by atoms with Crippen LogP contribution in [-0.4, -0.2) is 25.6 Å². The average molecular weight is 237 g/mol. The molecule has 0 radical (unpaired) electrons. The summed E-state index contributed by atoms with van der Waals surface area (Å²) in [5.74, 6) is 1.15. The molecule has 0 saturated heterocycles. The molecule has 4 heteroatoms. The van der Waals surface area contributed by atoms with Gasteiger partial charge in [-0.3, -0.25) is 4.99 Å². The lowest BCUT2D eigenvalue weighted by molar-refractivity contribution is -0.00000301. The second kappa shape index (κ2) is 4.34. The smallest absolute Gasteiger partial charge is 0.205 e. The van der Waals surface area contributed by atoms with E-state index in [-0.39, 0.29) is 12.4 Å². The summed E-state index contributed by atoms with van der Waals surface area (Å²) in [5, 5.41) is 0. The molecule has 3 rings (SSSR count). The summed E-state index contributed by atoms with van der Waals surface area (Å²) in [7, 11) is 0. The Labute approximate surface area is 102 Å². The molecule has 0 aromatic heterocycles. The second-order valence-electron chi connectivity index (χ2n) is 3.97. The summed E-state index contributed by atoms with van der Waals surface area (Å²) >= 11 is 0. The Morgan fingerprint density at radius 3 is 2.75 bits per heavy atom. The van der Waals surface area contributed by atoms with E-state index in [1.54, 1.807) is 0 Å². The lowest BCUT2D eigenvalue weighted by Crippen LogP contribution is -3.00. The highest BCUT2D eigenvalue weighted by Gasteiger charge is 2.33. The Balaban J connectivity index is 0.000000963. The van der Waals surface area contributed by atoms with E-state index < -0.39 is 0 Å². The minimum atomic E-state index is 0. The molecule has 0 unspecified atom stereocenters. The number of hydrogen-bond donors (Lipinski definition) is 0. The van der Waals surface area contributed by atoms with Gasteiger partial charge in [-0.15, -0.1) is 0 Å². The third kappa shape index (κ3) is 1.47. The van der Waals surface area contributed by atoms with E-state index in [1.165, 1.54) is 11.4 Å². The second-order valence-corrected chi connectivity index (χ2v) is 3.97. The molecule has 2 aliphatic heterocycles. The zero-order valence-electron chi connectivity index (χ0n) is 9.36. The van der Waals surface area contributed by atoms with Gasteiger partial charge in [0.15, 0.2) is 0 Å². The van der Waals surface area contributed by atoms with E-state index in [4.69, 9.17) is 0 Å². The normalized spacial score (nSPS) is 16.7. The van der Waals surface area contributed by atoms with Gasteiger partial charge in [-0.2, -0.15) is 0 Å². The van der Waals surface area contributed by atoms with Crippen LogP contribution in [-0.2, 0) is 0 Å². The molecule has 0 amide bonds. The SMILES string of the molecule is CCCN1C2=NCCN2c2ccccc21.[Cl-]. The molecular formula is C12H15ClN3-. The quantitative estimate of drug-likeness (QED) is 0.663. The summed E-state index contributed by atoms with van der Waals surface area (Å²) in [6.07, 6.45) is 1.15. The lowest BCUT2D eigenvalue weighted by Gasteiger charge is -2.18. The fraction of sp³-hybridized carbons (Fsp3) is 0.417. The fourth-order valence-electron chi connectivity index (χ4n) is 2.37. The molecule has 1 aromatic carbocycles. The third-order valence-corrected chi connectivity index (χ3v) is 2.97. The minimum Gasteiger partial charge on any atom is -1.00 e.